The van der Waals surface area contributed by atoms with Crippen molar-refractivity contribution in [3.05, 3.63) is 0 Å². The summed E-state index contributed by atoms with van der Waals surface area (Å²) in [4.78, 5) is 2.01. The number of hydrogen-bond donors (Lipinski definition) is 2. The van der Waals surface area contributed by atoms with Gasteiger partial charge in [0.15, 0.2) is 0 Å². The van der Waals surface area contributed by atoms with Crippen molar-refractivity contribution >= 4 is 0 Å². The van der Waals surface area contributed by atoms with Crippen LogP contribution >= 0.6 is 0 Å². The first-order valence-electron chi connectivity index (χ1n) is 4.35. The van der Waals surface area contributed by atoms with E-state index in [2.05, 4.69) is 6.92 Å². The van der Waals surface area contributed by atoms with Crippen molar-refractivity contribution in [3.63, 3.8) is 0 Å². The van der Waals surface area contributed by atoms with Gasteiger partial charge in [-0.2, -0.15) is 0 Å². The van der Waals surface area contributed by atoms with E-state index in [1.165, 1.54) is 0 Å². The lowest BCUT2D eigenvalue weighted by atomic mass is 10.1. The van der Waals surface area contributed by atoms with Gasteiger partial charge in [-0.3, -0.25) is 4.90 Å². The van der Waals surface area contributed by atoms with Gasteiger partial charge in [-0.1, -0.05) is 6.92 Å². The second-order valence-corrected chi connectivity index (χ2v) is 3.67. The molecule has 1 aliphatic heterocycles. The number of aliphatic hydroxyl groups is 1. The average molecular weight is 176 g/mol. The third-order valence-electron chi connectivity index (χ3n) is 2.39. The van der Waals surface area contributed by atoms with Crippen molar-refractivity contribution in [2.45, 2.75) is 19.1 Å². The van der Waals surface area contributed by atoms with Gasteiger partial charge in [-0.25, -0.2) is 4.39 Å². The van der Waals surface area contributed by atoms with Crippen LogP contribution in [0.3, 0.4) is 0 Å². The SMILES string of the molecule is CC1CN(CC(O)CF)CC1N. The van der Waals surface area contributed by atoms with E-state index in [4.69, 9.17) is 10.8 Å². The molecule has 3 atom stereocenters. The minimum Gasteiger partial charge on any atom is -0.389 e. The van der Waals surface area contributed by atoms with Gasteiger partial charge in [-0.15, -0.1) is 0 Å². The molecular weight excluding hydrogens is 159 g/mol. The van der Waals surface area contributed by atoms with E-state index in [1.54, 1.807) is 0 Å². The van der Waals surface area contributed by atoms with E-state index in [0.717, 1.165) is 13.1 Å². The summed E-state index contributed by atoms with van der Waals surface area (Å²) in [6, 6.07) is 0.178. The molecule has 0 spiro atoms. The molecule has 3 nitrogen and oxygen atoms in total. The molecule has 1 fully saturated rings. The number of alkyl halides is 1. The molecule has 1 aliphatic rings. The minimum atomic E-state index is -0.845. The summed E-state index contributed by atoms with van der Waals surface area (Å²) >= 11 is 0. The third kappa shape index (κ3) is 2.40. The number of halogens is 1. The molecule has 0 aliphatic carbocycles. The molecule has 0 amide bonds. The highest BCUT2D eigenvalue weighted by Gasteiger charge is 2.27. The zero-order valence-electron chi connectivity index (χ0n) is 7.41. The predicted octanol–water partition coefficient (Wildman–Crippen LogP) is -0.404. The first-order chi connectivity index (χ1) is 5.63. The third-order valence-corrected chi connectivity index (χ3v) is 2.39. The molecule has 0 bridgehead atoms. The fourth-order valence-corrected chi connectivity index (χ4v) is 1.59. The van der Waals surface area contributed by atoms with Crippen LogP contribution in [-0.2, 0) is 0 Å². The molecule has 0 aromatic carbocycles. The summed E-state index contributed by atoms with van der Waals surface area (Å²) in [7, 11) is 0. The predicted molar refractivity (Wildman–Crippen MR) is 45.6 cm³/mol. The van der Waals surface area contributed by atoms with Gasteiger partial charge in [0.2, 0.25) is 0 Å². The van der Waals surface area contributed by atoms with Crippen LogP contribution < -0.4 is 5.73 Å². The maximum Gasteiger partial charge on any atom is 0.117 e. The van der Waals surface area contributed by atoms with Crippen LogP contribution in [-0.4, -0.2) is 48.5 Å². The van der Waals surface area contributed by atoms with Crippen LogP contribution in [0.25, 0.3) is 0 Å². The average Bonchev–Trinajstić information content (AvgIpc) is 2.31. The fraction of sp³-hybridized carbons (Fsp3) is 1.00. The lowest BCUT2D eigenvalue weighted by Crippen LogP contribution is -2.34. The molecule has 12 heavy (non-hydrogen) atoms. The van der Waals surface area contributed by atoms with Gasteiger partial charge < -0.3 is 10.8 Å². The monoisotopic (exact) mass is 176 g/mol. The van der Waals surface area contributed by atoms with Crippen LogP contribution in [0.15, 0.2) is 0 Å². The number of likely N-dealkylation sites (tertiary alicyclic amines) is 1. The molecule has 0 aromatic rings. The van der Waals surface area contributed by atoms with E-state index in [0.29, 0.717) is 12.5 Å². The van der Waals surface area contributed by atoms with Crippen LogP contribution in [0.5, 0.6) is 0 Å². The fourth-order valence-electron chi connectivity index (χ4n) is 1.59. The Bertz CT molecular complexity index is 135. The Kier molecular flexibility index (Phi) is 3.43. The summed E-state index contributed by atoms with van der Waals surface area (Å²) < 4.78 is 11.9. The lowest BCUT2D eigenvalue weighted by molar-refractivity contribution is 0.0980. The van der Waals surface area contributed by atoms with E-state index in [1.807, 2.05) is 4.90 Å². The Morgan fingerprint density at radius 2 is 2.33 bits per heavy atom. The summed E-state index contributed by atoms with van der Waals surface area (Å²) in [6.45, 7) is 3.47. The first kappa shape index (κ1) is 9.89. The van der Waals surface area contributed by atoms with Gasteiger partial charge in [0.05, 0.1) is 6.10 Å². The summed E-state index contributed by atoms with van der Waals surface area (Å²) in [5.41, 5.74) is 5.77. The molecule has 3 unspecified atom stereocenters. The van der Waals surface area contributed by atoms with Crippen LogP contribution in [0.2, 0.25) is 0 Å². The first-order valence-corrected chi connectivity index (χ1v) is 4.35. The maximum absolute atomic E-state index is 11.9. The Morgan fingerprint density at radius 3 is 2.75 bits per heavy atom. The second kappa shape index (κ2) is 4.16. The summed E-state index contributed by atoms with van der Waals surface area (Å²) in [5.74, 6) is 0.455. The van der Waals surface area contributed by atoms with Gasteiger partial charge >= 0.3 is 0 Å². The smallest absolute Gasteiger partial charge is 0.117 e. The highest BCUT2D eigenvalue weighted by atomic mass is 19.1. The van der Waals surface area contributed by atoms with Gasteiger partial charge in [-0.05, 0) is 5.92 Å². The standard InChI is InChI=1S/C8H17FN2O/c1-6-3-11(5-8(6)10)4-7(12)2-9/h6-8,12H,2-5,10H2,1H3. The molecule has 1 saturated heterocycles. The highest BCUT2D eigenvalue weighted by Crippen LogP contribution is 2.14. The molecule has 3 N–H and O–H groups in total. The second-order valence-electron chi connectivity index (χ2n) is 3.67. The molecule has 1 rings (SSSR count). The molecule has 0 saturated carbocycles. The van der Waals surface area contributed by atoms with Gasteiger partial charge in [0, 0.05) is 25.7 Å². The van der Waals surface area contributed by atoms with Crippen molar-refractivity contribution in [1.82, 2.24) is 4.90 Å². The Hall–Kier alpha value is -0.190. The molecule has 72 valence electrons. The summed E-state index contributed by atoms with van der Waals surface area (Å²) in [6.07, 6.45) is -0.845. The van der Waals surface area contributed by atoms with Crippen molar-refractivity contribution in [2.24, 2.45) is 11.7 Å². The molecule has 0 radical (unpaired) electrons. The highest BCUT2D eigenvalue weighted by molar-refractivity contribution is 4.84. The number of β-amino-alcohol motifs (C(OH)–C–C–N with tert-alkyl or cyclic N) is 1. The zero-order chi connectivity index (χ0) is 9.14. The Morgan fingerprint density at radius 1 is 1.67 bits per heavy atom. The largest absolute Gasteiger partial charge is 0.389 e. The molecule has 4 heteroatoms. The number of nitrogens with zero attached hydrogens (tertiary/aromatic N) is 1. The van der Waals surface area contributed by atoms with Crippen molar-refractivity contribution in [2.75, 3.05) is 26.3 Å². The topological polar surface area (TPSA) is 49.5 Å². The van der Waals surface area contributed by atoms with Crippen molar-refractivity contribution in [3.8, 4) is 0 Å². The van der Waals surface area contributed by atoms with Crippen LogP contribution in [0.4, 0.5) is 4.39 Å². The Balaban J connectivity index is 2.27. The number of nitrogens with two attached hydrogens (primary N) is 1. The van der Waals surface area contributed by atoms with Crippen molar-refractivity contribution < 1.29 is 9.50 Å². The van der Waals surface area contributed by atoms with E-state index in [9.17, 15) is 4.39 Å². The Labute approximate surface area is 72.3 Å². The molecule has 0 aromatic heterocycles. The number of rotatable bonds is 3. The van der Waals surface area contributed by atoms with E-state index >= 15 is 0 Å². The molecule has 1 heterocycles. The lowest BCUT2D eigenvalue weighted by Gasteiger charge is -2.17. The number of aliphatic hydroxyl groups excluding tert-OH is 1. The van der Waals surface area contributed by atoms with Gasteiger partial charge in [0.1, 0.15) is 6.67 Å². The van der Waals surface area contributed by atoms with E-state index in [-0.39, 0.29) is 6.04 Å². The minimum absolute atomic E-state index is 0.178. The van der Waals surface area contributed by atoms with E-state index < -0.39 is 12.8 Å². The maximum atomic E-state index is 11.9. The van der Waals surface area contributed by atoms with Crippen LogP contribution in [0, 0.1) is 5.92 Å². The van der Waals surface area contributed by atoms with Crippen LogP contribution in [0.1, 0.15) is 6.92 Å². The normalized spacial score (nSPS) is 34.0. The quantitative estimate of drug-likeness (QED) is 0.615. The summed E-state index contributed by atoms with van der Waals surface area (Å²) in [5, 5.41) is 9.03. The molecular formula is C8H17FN2O. The zero-order valence-corrected chi connectivity index (χ0v) is 7.41. The number of hydrogen-bond acceptors (Lipinski definition) is 3. The van der Waals surface area contributed by atoms with Gasteiger partial charge in [0.25, 0.3) is 0 Å². The van der Waals surface area contributed by atoms with Crippen molar-refractivity contribution in [1.29, 1.82) is 0 Å².